The van der Waals surface area contributed by atoms with Crippen LogP contribution >= 0.6 is 0 Å². The Labute approximate surface area is 130 Å². The summed E-state index contributed by atoms with van der Waals surface area (Å²) in [7, 11) is 0. The van der Waals surface area contributed by atoms with Gasteiger partial charge in [0.05, 0.1) is 0 Å². The maximum Gasteiger partial charge on any atom is 0.242 e. The molecule has 1 fully saturated rings. The summed E-state index contributed by atoms with van der Waals surface area (Å²) in [5, 5.41) is 0. The van der Waals surface area contributed by atoms with Gasteiger partial charge in [-0.05, 0) is 24.8 Å². The van der Waals surface area contributed by atoms with Crippen LogP contribution in [0.3, 0.4) is 0 Å². The monoisotopic (exact) mass is 306 g/mol. The number of halogens is 1. The fraction of sp³-hybridized carbons (Fsp3) is 0.529. The molecule has 0 unspecified atom stereocenters. The lowest BCUT2D eigenvalue weighted by molar-refractivity contribution is -0.140. The second kappa shape index (κ2) is 7.38. The zero-order valence-electron chi connectivity index (χ0n) is 13.2. The number of carbonyl (C=O) groups excluding carboxylic acids is 2. The van der Waals surface area contributed by atoms with Crippen molar-refractivity contribution in [1.82, 2.24) is 9.80 Å². The SMILES string of the molecule is CC(=O)N(CC(=O)N1CCC(C)CC1)Cc1ccccc1F. The number of hydrogen-bond donors (Lipinski definition) is 0. The van der Waals surface area contributed by atoms with Gasteiger partial charge in [0.25, 0.3) is 0 Å². The topological polar surface area (TPSA) is 40.6 Å². The fourth-order valence-electron chi connectivity index (χ4n) is 2.63. The van der Waals surface area contributed by atoms with Gasteiger partial charge in [0, 0.05) is 32.1 Å². The minimum atomic E-state index is -0.354. The number of carbonyl (C=O) groups is 2. The van der Waals surface area contributed by atoms with Crippen LogP contribution in [0.5, 0.6) is 0 Å². The van der Waals surface area contributed by atoms with Crippen LogP contribution in [0.2, 0.25) is 0 Å². The Bertz CT molecular complexity index is 539. The van der Waals surface area contributed by atoms with Crippen molar-refractivity contribution in [3.8, 4) is 0 Å². The first-order valence-electron chi connectivity index (χ1n) is 7.74. The highest BCUT2D eigenvalue weighted by Crippen LogP contribution is 2.17. The van der Waals surface area contributed by atoms with E-state index in [4.69, 9.17) is 0 Å². The van der Waals surface area contributed by atoms with E-state index in [1.807, 2.05) is 0 Å². The third kappa shape index (κ3) is 4.29. The third-order valence-corrected chi connectivity index (χ3v) is 4.23. The van der Waals surface area contributed by atoms with Crippen LogP contribution in [-0.4, -0.2) is 41.2 Å². The van der Waals surface area contributed by atoms with Gasteiger partial charge in [-0.15, -0.1) is 0 Å². The van der Waals surface area contributed by atoms with Crippen LogP contribution in [0.4, 0.5) is 4.39 Å². The molecule has 2 rings (SSSR count). The van der Waals surface area contributed by atoms with Crippen molar-refractivity contribution in [1.29, 1.82) is 0 Å². The van der Waals surface area contributed by atoms with Crippen molar-refractivity contribution >= 4 is 11.8 Å². The van der Waals surface area contributed by atoms with Gasteiger partial charge in [0.1, 0.15) is 12.4 Å². The summed E-state index contributed by atoms with van der Waals surface area (Å²) in [6, 6.07) is 6.33. The number of likely N-dealkylation sites (tertiary alicyclic amines) is 1. The molecule has 0 bridgehead atoms. The summed E-state index contributed by atoms with van der Waals surface area (Å²) in [4.78, 5) is 27.3. The number of hydrogen-bond acceptors (Lipinski definition) is 2. The minimum absolute atomic E-state index is 0.0120. The van der Waals surface area contributed by atoms with Gasteiger partial charge in [-0.2, -0.15) is 0 Å². The molecule has 0 aliphatic carbocycles. The van der Waals surface area contributed by atoms with Crippen LogP contribution in [0, 0.1) is 11.7 Å². The van der Waals surface area contributed by atoms with E-state index in [1.54, 1.807) is 23.1 Å². The van der Waals surface area contributed by atoms with Crippen LogP contribution in [0.25, 0.3) is 0 Å². The largest absolute Gasteiger partial charge is 0.341 e. The molecule has 0 radical (unpaired) electrons. The van der Waals surface area contributed by atoms with Gasteiger partial charge in [0.15, 0.2) is 0 Å². The van der Waals surface area contributed by atoms with Crippen molar-refractivity contribution in [2.45, 2.75) is 33.2 Å². The molecule has 1 aromatic rings. The molecule has 0 aromatic heterocycles. The molecule has 0 atom stereocenters. The molecule has 22 heavy (non-hydrogen) atoms. The number of piperidine rings is 1. The Kier molecular flexibility index (Phi) is 5.52. The van der Waals surface area contributed by atoms with Crippen molar-refractivity contribution in [3.63, 3.8) is 0 Å². The molecule has 0 saturated carbocycles. The molecule has 1 saturated heterocycles. The maximum absolute atomic E-state index is 13.7. The number of benzene rings is 1. The lowest BCUT2D eigenvalue weighted by Gasteiger charge is -2.32. The number of nitrogens with zero attached hydrogens (tertiary/aromatic N) is 2. The summed E-state index contributed by atoms with van der Waals surface area (Å²) < 4.78 is 13.7. The number of amides is 2. The van der Waals surface area contributed by atoms with Crippen molar-refractivity contribution in [2.24, 2.45) is 5.92 Å². The van der Waals surface area contributed by atoms with Gasteiger partial charge in [-0.3, -0.25) is 9.59 Å². The van der Waals surface area contributed by atoms with E-state index in [0.717, 1.165) is 25.9 Å². The smallest absolute Gasteiger partial charge is 0.242 e. The predicted octanol–water partition coefficient (Wildman–Crippen LogP) is 2.43. The first-order valence-corrected chi connectivity index (χ1v) is 7.74. The second-order valence-corrected chi connectivity index (χ2v) is 6.03. The molecule has 1 heterocycles. The maximum atomic E-state index is 13.7. The van der Waals surface area contributed by atoms with Crippen LogP contribution in [-0.2, 0) is 16.1 Å². The third-order valence-electron chi connectivity index (χ3n) is 4.23. The van der Waals surface area contributed by atoms with E-state index in [-0.39, 0.29) is 30.7 Å². The Balaban J connectivity index is 1.98. The molecule has 0 spiro atoms. The highest BCUT2D eigenvalue weighted by Gasteiger charge is 2.23. The van der Waals surface area contributed by atoms with Crippen LogP contribution < -0.4 is 0 Å². The Morgan fingerprint density at radius 3 is 2.50 bits per heavy atom. The van der Waals surface area contributed by atoms with Crippen molar-refractivity contribution in [3.05, 3.63) is 35.6 Å². The van der Waals surface area contributed by atoms with Gasteiger partial charge < -0.3 is 9.80 Å². The first-order chi connectivity index (χ1) is 10.5. The summed E-state index contributed by atoms with van der Waals surface area (Å²) in [6.45, 7) is 5.21. The van der Waals surface area contributed by atoms with Crippen molar-refractivity contribution in [2.75, 3.05) is 19.6 Å². The zero-order chi connectivity index (χ0) is 16.1. The average Bonchev–Trinajstić information content (AvgIpc) is 2.49. The van der Waals surface area contributed by atoms with E-state index in [2.05, 4.69) is 6.92 Å². The van der Waals surface area contributed by atoms with Gasteiger partial charge in [0.2, 0.25) is 11.8 Å². The molecule has 1 aromatic carbocycles. The standard InChI is InChI=1S/C17H23FN2O2/c1-13-7-9-19(10-8-13)17(22)12-20(14(2)21)11-15-5-3-4-6-16(15)18/h3-6,13H,7-12H2,1-2H3. The van der Waals surface area contributed by atoms with E-state index in [1.165, 1.54) is 17.9 Å². The van der Waals surface area contributed by atoms with E-state index in [0.29, 0.717) is 11.5 Å². The molecule has 120 valence electrons. The molecule has 1 aliphatic rings. The number of rotatable bonds is 4. The minimum Gasteiger partial charge on any atom is -0.341 e. The predicted molar refractivity (Wildman–Crippen MR) is 82.5 cm³/mol. The van der Waals surface area contributed by atoms with E-state index < -0.39 is 0 Å². The van der Waals surface area contributed by atoms with E-state index >= 15 is 0 Å². The highest BCUT2D eigenvalue weighted by molar-refractivity contribution is 5.83. The molecule has 4 nitrogen and oxygen atoms in total. The molecule has 1 aliphatic heterocycles. The lowest BCUT2D eigenvalue weighted by Crippen LogP contribution is -2.45. The Morgan fingerprint density at radius 2 is 1.91 bits per heavy atom. The Hall–Kier alpha value is -1.91. The molecular weight excluding hydrogens is 283 g/mol. The van der Waals surface area contributed by atoms with Gasteiger partial charge in [-0.25, -0.2) is 4.39 Å². The second-order valence-electron chi connectivity index (χ2n) is 6.03. The first kappa shape index (κ1) is 16.5. The Morgan fingerprint density at radius 1 is 1.27 bits per heavy atom. The summed E-state index contributed by atoms with van der Waals surface area (Å²) in [5.74, 6) is 0.0137. The molecular formula is C17H23FN2O2. The van der Waals surface area contributed by atoms with Gasteiger partial charge >= 0.3 is 0 Å². The van der Waals surface area contributed by atoms with Gasteiger partial charge in [-0.1, -0.05) is 25.1 Å². The average molecular weight is 306 g/mol. The lowest BCUT2D eigenvalue weighted by atomic mass is 9.99. The summed E-state index contributed by atoms with van der Waals surface area (Å²) >= 11 is 0. The quantitative estimate of drug-likeness (QED) is 0.857. The summed E-state index contributed by atoms with van der Waals surface area (Å²) in [6.07, 6.45) is 2.00. The molecule has 5 heteroatoms. The fourth-order valence-corrected chi connectivity index (χ4v) is 2.63. The highest BCUT2D eigenvalue weighted by atomic mass is 19.1. The van der Waals surface area contributed by atoms with Crippen LogP contribution in [0.15, 0.2) is 24.3 Å². The molecule has 0 N–H and O–H groups in total. The van der Waals surface area contributed by atoms with Crippen molar-refractivity contribution < 1.29 is 14.0 Å². The summed E-state index contributed by atoms with van der Waals surface area (Å²) in [5.41, 5.74) is 0.428. The van der Waals surface area contributed by atoms with E-state index in [9.17, 15) is 14.0 Å². The molecule has 2 amide bonds. The zero-order valence-corrected chi connectivity index (χ0v) is 13.2. The normalized spacial score (nSPS) is 15.7. The van der Waals surface area contributed by atoms with Crippen LogP contribution in [0.1, 0.15) is 32.3 Å².